The Balaban J connectivity index is 1.73. The van der Waals surface area contributed by atoms with Gasteiger partial charge < -0.3 is 19.7 Å². The number of pyridine rings is 2. The highest BCUT2D eigenvalue weighted by Gasteiger charge is 2.16. The van der Waals surface area contributed by atoms with Crippen molar-refractivity contribution in [2.45, 2.75) is 6.61 Å². The molecule has 0 radical (unpaired) electrons. The van der Waals surface area contributed by atoms with Gasteiger partial charge in [-0.3, -0.25) is 9.59 Å². The molecule has 3 heterocycles. The third kappa shape index (κ3) is 2.46. The first kappa shape index (κ1) is 16.2. The molecule has 0 saturated heterocycles. The largest absolute Gasteiger partial charge is 0.460 e. The van der Waals surface area contributed by atoms with Crippen LogP contribution in [0.5, 0.6) is 6.01 Å². The molecule has 0 aliphatic rings. The van der Waals surface area contributed by atoms with E-state index >= 15 is 0 Å². The molecule has 0 amide bonds. The maximum atomic E-state index is 13.9. The number of imidazole rings is 1. The van der Waals surface area contributed by atoms with Gasteiger partial charge in [-0.15, -0.1) is 0 Å². The predicted molar refractivity (Wildman–Crippen MR) is 103 cm³/mol. The summed E-state index contributed by atoms with van der Waals surface area (Å²) in [5, 5.41) is 2.09. The average molecular weight is 376 g/mol. The van der Waals surface area contributed by atoms with Crippen molar-refractivity contribution >= 4 is 32.6 Å². The minimum Gasteiger partial charge on any atom is -0.460 e. The number of hydrogen-bond donors (Lipinski definition) is 3. The summed E-state index contributed by atoms with van der Waals surface area (Å²) in [4.78, 5) is 37.0. The molecule has 0 bridgehead atoms. The van der Waals surface area contributed by atoms with Gasteiger partial charge in [0.05, 0.1) is 16.5 Å². The first-order valence-corrected chi connectivity index (χ1v) is 8.53. The van der Waals surface area contributed by atoms with E-state index < -0.39 is 5.82 Å². The molecule has 5 aromatic rings. The molecule has 0 unspecified atom stereocenters. The summed E-state index contributed by atoms with van der Waals surface area (Å²) in [5.41, 5.74) is 1.06. The number of halogens is 1. The van der Waals surface area contributed by atoms with Crippen molar-refractivity contribution in [2.24, 2.45) is 0 Å². The summed E-state index contributed by atoms with van der Waals surface area (Å²) in [6.07, 6.45) is 3.07. The van der Waals surface area contributed by atoms with Crippen LogP contribution >= 0.6 is 0 Å². The van der Waals surface area contributed by atoms with Gasteiger partial charge in [-0.2, -0.15) is 4.98 Å². The lowest BCUT2D eigenvalue weighted by molar-refractivity contribution is 0.283. The summed E-state index contributed by atoms with van der Waals surface area (Å²) in [6.45, 7) is 0.0288. The van der Waals surface area contributed by atoms with E-state index in [1.807, 2.05) is 0 Å². The zero-order valence-electron chi connectivity index (χ0n) is 14.4. The van der Waals surface area contributed by atoms with Crippen LogP contribution in [0.3, 0.4) is 0 Å². The Kier molecular flexibility index (Phi) is 3.51. The van der Waals surface area contributed by atoms with Crippen LogP contribution in [0.1, 0.15) is 5.56 Å². The van der Waals surface area contributed by atoms with Gasteiger partial charge in [-0.05, 0) is 36.4 Å². The first-order chi connectivity index (χ1) is 13.6. The van der Waals surface area contributed by atoms with Crippen LogP contribution in [0.2, 0.25) is 0 Å². The lowest BCUT2D eigenvalue weighted by atomic mass is 10.0. The Labute approximate surface area is 155 Å². The predicted octanol–water partition coefficient (Wildman–Crippen LogP) is 2.96. The molecule has 0 aliphatic heterocycles. The molecule has 28 heavy (non-hydrogen) atoms. The van der Waals surface area contributed by atoms with E-state index in [1.165, 1.54) is 18.3 Å². The Morgan fingerprint density at radius 3 is 2.68 bits per heavy atom. The summed E-state index contributed by atoms with van der Waals surface area (Å²) in [7, 11) is 0. The topological polar surface area (TPSA) is 104 Å². The third-order valence-corrected chi connectivity index (χ3v) is 4.68. The lowest BCUT2D eigenvalue weighted by Gasteiger charge is -2.05. The fraction of sp³-hybridized carbons (Fsp3) is 0.0500. The van der Waals surface area contributed by atoms with Crippen LogP contribution in [-0.2, 0) is 6.61 Å². The molecule has 3 N–H and O–H groups in total. The number of nitrogens with one attached hydrogen (secondary N) is 3. The van der Waals surface area contributed by atoms with E-state index in [0.717, 1.165) is 0 Å². The maximum Gasteiger partial charge on any atom is 0.294 e. The van der Waals surface area contributed by atoms with Gasteiger partial charge in [-0.25, -0.2) is 4.39 Å². The van der Waals surface area contributed by atoms with Crippen molar-refractivity contribution in [3.05, 3.63) is 80.9 Å². The molecule has 0 fully saturated rings. The Bertz CT molecular complexity index is 1480. The SMILES string of the molecule is O=c1[nH]cccc1COc1nc2c3cc[nH]c(=O)c3c3cc(F)ccc3c2[nH]1. The fourth-order valence-corrected chi connectivity index (χ4v) is 3.41. The molecular formula is C20H13FN4O3. The second kappa shape index (κ2) is 6.05. The second-order valence-corrected chi connectivity index (χ2v) is 6.36. The second-order valence-electron chi connectivity index (χ2n) is 6.36. The van der Waals surface area contributed by atoms with E-state index in [1.54, 1.807) is 30.5 Å². The standard InChI is InChI=1S/C20H13FN4O3/c21-11-3-4-12-14(8-11)15-13(5-7-23-19(15)27)17-16(12)24-20(25-17)28-9-10-2-1-6-22-18(10)26/h1-8H,9H2,(H,22,26)(H,23,27)(H,24,25). The molecule has 3 aromatic heterocycles. The highest BCUT2D eigenvalue weighted by atomic mass is 19.1. The highest BCUT2D eigenvalue weighted by molar-refractivity contribution is 6.23. The van der Waals surface area contributed by atoms with Gasteiger partial charge in [-0.1, -0.05) is 0 Å². The lowest BCUT2D eigenvalue weighted by Crippen LogP contribution is -2.13. The Morgan fingerprint density at radius 1 is 0.964 bits per heavy atom. The maximum absolute atomic E-state index is 13.9. The highest BCUT2D eigenvalue weighted by Crippen LogP contribution is 2.33. The molecular weight excluding hydrogens is 363 g/mol. The number of hydrogen-bond acceptors (Lipinski definition) is 4. The van der Waals surface area contributed by atoms with Gasteiger partial charge in [0.25, 0.3) is 17.1 Å². The zero-order chi connectivity index (χ0) is 19.3. The summed E-state index contributed by atoms with van der Waals surface area (Å²) >= 11 is 0. The summed E-state index contributed by atoms with van der Waals surface area (Å²) in [6, 6.07) is 9.55. The summed E-state index contributed by atoms with van der Waals surface area (Å²) in [5.74, 6) is -0.435. The van der Waals surface area contributed by atoms with Crippen LogP contribution in [0.15, 0.2) is 58.4 Å². The number of fused-ring (bicyclic) bond motifs is 6. The van der Waals surface area contributed by atoms with Crippen molar-refractivity contribution in [1.82, 2.24) is 19.9 Å². The smallest absolute Gasteiger partial charge is 0.294 e. The molecule has 0 aliphatic carbocycles. The monoisotopic (exact) mass is 376 g/mol. The Morgan fingerprint density at radius 2 is 1.82 bits per heavy atom. The van der Waals surface area contributed by atoms with Gasteiger partial charge in [0, 0.05) is 28.6 Å². The van der Waals surface area contributed by atoms with Crippen molar-refractivity contribution < 1.29 is 9.13 Å². The van der Waals surface area contributed by atoms with Crippen molar-refractivity contribution in [3.8, 4) is 6.01 Å². The van der Waals surface area contributed by atoms with Crippen LogP contribution in [0.25, 0.3) is 32.6 Å². The normalized spacial score (nSPS) is 11.5. The molecule has 0 atom stereocenters. The van der Waals surface area contributed by atoms with Gasteiger partial charge >= 0.3 is 0 Å². The molecule has 2 aromatic carbocycles. The van der Waals surface area contributed by atoms with Gasteiger partial charge in [0.2, 0.25) is 0 Å². The Hall–Kier alpha value is -3.94. The van der Waals surface area contributed by atoms with E-state index in [0.29, 0.717) is 38.1 Å². The van der Waals surface area contributed by atoms with Crippen LogP contribution < -0.4 is 15.9 Å². The zero-order valence-corrected chi connectivity index (χ0v) is 14.4. The van der Waals surface area contributed by atoms with Crippen molar-refractivity contribution in [1.29, 1.82) is 0 Å². The fourth-order valence-electron chi connectivity index (χ4n) is 3.41. The molecule has 0 saturated carbocycles. The van der Waals surface area contributed by atoms with Crippen LogP contribution in [0.4, 0.5) is 4.39 Å². The quantitative estimate of drug-likeness (QED) is 0.421. The van der Waals surface area contributed by atoms with Crippen molar-refractivity contribution in [3.63, 3.8) is 0 Å². The number of aromatic amines is 3. The van der Waals surface area contributed by atoms with Crippen LogP contribution in [0, 0.1) is 5.82 Å². The van der Waals surface area contributed by atoms with E-state index in [9.17, 15) is 14.0 Å². The molecule has 5 rings (SSSR count). The number of rotatable bonds is 3. The summed E-state index contributed by atoms with van der Waals surface area (Å²) < 4.78 is 19.5. The number of ether oxygens (including phenoxy) is 1. The van der Waals surface area contributed by atoms with Crippen molar-refractivity contribution in [2.75, 3.05) is 0 Å². The molecule has 7 nitrogen and oxygen atoms in total. The number of aromatic nitrogens is 4. The number of benzene rings is 2. The van der Waals surface area contributed by atoms with Gasteiger partial charge in [0.1, 0.15) is 17.9 Å². The minimum absolute atomic E-state index is 0.0288. The van der Waals surface area contributed by atoms with E-state index in [-0.39, 0.29) is 23.7 Å². The molecule has 8 heteroatoms. The average Bonchev–Trinajstić information content (AvgIpc) is 3.12. The van der Waals surface area contributed by atoms with Crippen LogP contribution in [-0.4, -0.2) is 19.9 Å². The van der Waals surface area contributed by atoms with E-state index in [2.05, 4.69) is 19.9 Å². The van der Waals surface area contributed by atoms with E-state index in [4.69, 9.17) is 4.74 Å². The minimum atomic E-state index is -0.435. The molecule has 138 valence electrons. The van der Waals surface area contributed by atoms with Gasteiger partial charge in [0.15, 0.2) is 0 Å². The third-order valence-electron chi connectivity index (χ3n) is 4.68. The number of nitrogens with zero attached hydrogens (tertiary/aromatic N) is 1. The first-order valence-electron chi connectivity index (χ1n) is 8.53. The number of H-pyrrole nitrogens is 3. The molecule has 0 spiro atoms.